The van der Waals surface area contributed by atoms with Gasteiger partial charge in [-0.3, -0.25) is 0 Å². The molecule has 0 aliphatic heterocycles. The summed E-state index contributed by atoms with van der Waals surface area (Å²) in [5.74, 6) is 5.86. The molecule has 0 unspecified atom stereocenters. The van der Waals surface area contributed by atoms with Crippen molar-refractivity contribution in [2.24, 2.45) is 16.9 Å². The van der Waals surface area contributed by atoms with Gasteiger partial charge < -0.3 is 5.84 Å². The number of hydrogen-bond acceptors (Lipinski definition) is 2. The van der Waals surface area contributed by atoms with Crippen LogP contribution in [0, 0.1) is 5.92 Å². The van der Waals surface area contributed by atoms with E-state index in [9.17, 15) is 0 Å². The second-order valence-electron chi connectivity index (χ2n) is 2.72. The highest BCUT2D eigenvalue weighted by molar-refractivity contribution is 5.56. The fourth-order valence-electron chi connectivity index (χ4n) is 1.46. The van der Waals surface area contributed by atoms with Gasteiger partial charge in [0, 0.05) is 6.21 Å². The summed E-state index contributed by atoms with van der Waals surface area (Å²) < 4.78 is 0. The SMILES string of the molecule is N/N=C/CC1CCCC1. The fourth-order valence-corrected chi connectivity index (χ4v) is 1.46. The lowest BCUT2D eigenvalue weighted by molar-refractivity contribution is 0.577. The van der Waals surface area contributed by atoms with Crippen molar-refractivity contribution >= 4 is 6.21 Å². The van der Waals surface area contributed by atoms with Crippen molar-refractivity contribution in [2.75, 3.05) is 0 Å². The third-order valence-corrected chi connectivity index (χ3v) is 2.02. The summed E-state index contributed by atoms with van der Waals surface area (Å²) in [6.07, 6.45) is 8.50. The van der Waals surface area contributed by atoms with Crippen LogP contribution in [0.15, 0.2) is 5.10 Å². The van der Waals surface area contributed by atoms with Crippen LogP contribution in [0.3, 0.4) is 0 Å². The molecular weight excluding hydrogens is 112 g/mol. The van der Waals surface area contributed by atoms with Crippen molar-refractivity contribution in [1.29, 1.82) is 0 Å². The lowest BCUT2D eigenvalue weighted by Gasteiger charge is -2.00. The van der Waals surface area contributed by atoms with Crippen LogP contribution in [0.1, 0.15) is 32.1 Å². The first kappa shape index (κ1) is 6.59. The molecule has 0 bridgehead atoms. The Labute approximate surface area is 56.1 Å². The van der Waals surface area contributed by atoms with E-state index in [2.05, 4.69) is 5.10 Å². The normalized spacial score (nSPS) is 21.8. The molecule has 0 amide bonds. The summed E-state index contributed by atoms with van der Waals surface area (Å²) >= 11 is 0. The summed E-state index contributed by atoms with van der Waals surface area (Å²) in [7, 11) is 0. The van der Waals surface area contributed by atoms with Crippen LogP contribution >= 0.6 is 0 Å². The summed E-state index contributed by atoms with van der Waals surface area (Å²) in [6.45, 7) is 0. The van der Waals surface area contributed by atoms with Crippen molar-refractivity contribution in [3.05, 3.63) is 0 Å². The zero-order valence-corrected chi connectivity index (χ0v) is 5.71. The standard InChI is InChI=1S/C7H14N2/c8-9-6-5-7-3-1-2-4-7/h6-7H,1-5,8H2/b9-6+. The molecule has 1 rings (SSSR count). The first-order valence-corrected chi connectivity index (χ1v) is 3.65. The maximum absolute atomic E-state index is 4.98. The molecule has 0 aromatic rings. The van der Waals surface area contributed by atoms with Gasteiger partial charge in [0.1, 0.15) is 0 Å². The average molecular weight is 126 g/mol. The van der Waals surface area contributed by atoms with Crippen molar-refractivity contribution in [3.8, 4) is 0 Å². The number of hydrogen-bond donors (Lipinski definition) is 1. The van der Waals surface area contributed by atoms with Gasteiger partial charge in [0.2, 0.25) is 0 Å². The zero-order chi connectivity index (χ0) is 6.53. The molecule has 1 aliphatic carbocycles. The molecule has 1 saturated carbocycles. The van der Waals surface area contributed by atoms with Gasteiger partial charge in [-0.25, -0.2) is 0 Å². The number of rotatable bonds is 2. The van der Waals surface area contributed by atoms with Gasteiger partial charge >= 0.3 is 0 Å². The molecule has 0 aromatic carbocycles. The number of nitrogens with two attached hydrogens (primary N) is 1. The molecule has 0 spiro atoms. The first-order valence-electron chi connectivity index (χ1n) is 3.65. The molecule has 0 saturated heterocycles. The average Bonchev–Trinajstić information content (AvgIpc) is 2.34. The zero-order valence-electron chi connectivity index (χ0n) is 5.71. The maximum atomic E-state index is 4.98. The highest BCUT2D eigenvalue weighted by Crippen LogP contribution is 2.26. The van der Waals surface area contributed by atoms with E-state index in [0.717, 1.165) is 12.3 Å². The van der Waals surface area contributed by atoms with Crippen LogP contribution in [0.5, 0.6) is 0 Å². The third-order valence-electron chi connectivity index (χ3n) is 2.02. The Balaban J connectivity index is 2.11. The molecule has 2 heteroatoms. The fraction of sp³-hybridized carbons (Fsp3) is 0.857. The monoisotopic (exact) mass is 126 g/mol. The highest BCUT2D eigenvalue weighted by Gasteiger charge is 2.12. The predicted octanol–water partition coefficient (Wildman–Crippen LogP) is 1.51. The molecule has 0 aromatic heterocycles. The Morgan fingerprint density at radius 1 is 1.44 bits per heavy atom. The Morgan fingerprint density at radius 3 is 2.67 bits per heavy atom. The largest absolute Gasteiger partial charge is 0.324 e. The minimum atomic E-state index is 0.886. The van der Waals surface area contributed by atoms with E-state index >= 15 is 0 Å². The van der Waals surface area contributed by atoms with Gasteiger partial charge in [0.25, 0.3) is 0 Å². The summed E-state index contributed by atoms with van der Waals surface area (Å²) in [5, 5.41) is 3.47. The summed E-state index contributed by atoms with van der Waals surface area (Å²) in [6, 6.07) is 0. The first-order chi connectivity index (χ1) is 4.43. The predicted molar refractivity (Wildman–Crippen MR) is 39.3 cm³/mol. The van der Waals surface area contributed by atoms with Gasteiger partial charge in [-0.2, -0.15) is 5.10 Å². The van der Waals surface area contributed by atoms with Gasteiger partial charge in [-0.05, 0) is 12.3 Å². The van der Waals surface area contributed by atoms with Crippen LogP contribution in [-0.2, 0) is 0 Å². The van der Waals surface area contributed by atoms with Gasteiger partial charge in [0.15, 0.2) is 0 Å². The molecule has 1 fully saturated rings. The molecule has 9 heavy (non-hydrogen) atoms. The van der Waals surface area contributed by atoms with E-state index in [1.807, 2.05) is 6.21 Å². The smallest absolute Gasteiger partial charge is 0.0243 e. The molecule has 52 valence electrons. The molecular formula is C7H14N2. The second kappa shape index (κ2) is 3.49. The Morgan fingerprint density at radius 2 is 2.11 bits per heavy atom. The van der Waals surface area contributed by atoms with E-state index in [1.54, 1.807) is 0 Å². The molecule has 1 aliphatic rings. The minimum absolute atomic E-state index is 0.886. The summed E-state index contributed by atoms with van der Waals surface area (Å²) in [4.78, 5) is 0. The van der Waals surface area contributed by atoms with Gasteiger partial charge in [-0.1, -0.05) is 25.7 Å². The molecule has 0 heterocycles. The molecule has 2 nitrogen and oxygen atoms in total. The number of hydrazone groups is 1. The van der Waals surface area contributed by atoms with Gasteiger partial charge in [0.05, 0.1) is 0 Å². The maximum Gasteiger partial charge on any atom is 0.0243 e. The highest BCUT2D eigenvalue weighted by atomic mass is 15.1. The third kappa shape index (κ3) is 2.04. The topological polar surface area (TPSA) is 38.4 Å². The van der Waals surface area contributed by atoms with E-state index in [4.69, 9.17) is 5.84 Å². The van der Waals surface area contributed by atoms with Crippen LogP contribution in [-0.4, -0.2) is 6.21 Å². The van der Waals surface area contributed by atoms with Crippen LogP contribution in [0.4, 0.5) is 0 Å². The quantitative estimate of drug-likeness (QED) is 0.340. The van der Waals surface area contributed by atoms with E-state index in [1.165, 1.54) is 25.7 Å². The van der Waals surface area contributed by atoms with Crippen LogP contribution in [0.25, 0.3) is 0 Å². The van der Waals surface area contributed by atoms with Crippen molar-refractivity contribution in [1.82, 2.24) is 0 Å². The van der Waals surface area contributed by atoms with Crippen molar-refractivity contribution in [3.63, 3.8) is 0 Å². The van der Waals surface area contributed by atoms with E-state index in [-0.39, 0.29) is 0 Å². The van der Waals surface area contributed by atoms with Crippen LogP contribution in [0.2, 0.25) is 0 Å². The molecule has 0 radical (unpaired) electrons. The Kier molecular flexibility index (Phi) is 2.55. The van der Waals surface area contributed by atoms with Crippen LogP contribution < -0.4 is 5.84 Å². The molecule has 2 N–H and O–H groups in total. The van der Waals surface area contributed by atoms with Crippen molar-refractivity contribution < 1.29 is 0 Å². The Hall–Kier alpha value is -0.530. The number of nitrogens with zero attached hydrogens (tertiary/aromatic N) is 1. The second-order valence-corrected chi connectivity index (χ2v) is 2.72. The van der Waals surface area contributed by atoms with E-state index < -0.39 is 0 Å². The van der Waals surface area contributed by atoms with Crippen molar-refractivity contribution in [2.45, 2.75) is 32.1 Å². The summed E-state index contributed by atoms with van der Waals surface area (Å²) in [5.41, 5.74) is 0. The Bertz CT molecular complexity index is 93.1. The lowest BCUT2D eigenvalue weighted by Crippen LogP contribution is -1.94. The van der Waals surface area contributed by atoms with Gasteiger partial charge in [-0.15, -0.1) is 0 Å². The lowest BCUT2D eigenvalue weighted by atomic mass is 10.1. The molecule has 0 atom stereocenters. The minimum Gasteiger partial charge on any atom is -0.324 e. The van der Waals surface area contributed by atoms with E-state index in [0.29, 0.717) is 0 Å².